The molecule has 0 aliphatic rings. The number of rotatable bonds is 4. The van der Waals surface area contributed by atoms with Crippen LogP contribution >= 0.6 is 0 Å². The van der Waals surface area contributed by atoms with Crippen molar-refractivity contribution in [2.24, 2.45) is 0 Å². The minimum Gasteiger partial charge on any atom is -0.467 e. The predicted molar refractivity (Wildman–Crippen MR) is 43.6 cm³/mol. The molecule has 7 heteroatoms. The van der Waals surface area contributed by atoms with Gasteiger partial charge in [0.1, 0.15) is 0 Å². The van der Waals surface area contributed by atoms with E-state index in [0.29, 0.717) is 0 Å². The number of nitrogens with zero attached hydrogens (tertiary/aromatic N) is 3. The highest BCUT2D eigenvalue weighted by molar-refractivity contribution is 5.24. The molecule has 0 saturated heterocycles. The highest BCUT2D eigenvalue weighted by Crippen LogP contribution is 2.11. The van der Waals surface area contributed by atoms with Crippen LogP contribution in [-0.4, -0.2) is 36.3 Å². The van der Waals surface area contributed by atoms with Gasteiger partial charge in [0.15, 0.2) is 0 Å². The molecular weight excluding hydrogens is 176 g/mol. The van der Waals surface area contributed by atoms with Crippen molar-refractivity contribution >= 4 is 5.95 Å². The number of methoxy groups -OCH3 is 2. The first-order chi connectivity index (χ1) is 6.30. The quantitative estimate of drug-likeness (QED) is 0.655. The monoisotopic (exact) mass is 186 g/mol. The van der Waals surface area contributed by atoms with Crippen LogP contribution in [0.1, 0.15) is 0 Å². The van der Waals surface area contributed by atoms with Crippen LogP contribution in [0.15, 0.2) is 0 Å². The third-order valence-electron chi connectivity index (χ3n) is 1.15. The van der Waals surface area contributed by atoms with Gasteiger partial charge >= 0.3 is 12.0 Å². The van der Waals surface area contributed by atoms with Crippen LogP contribution < -0.4 is 15.0 Å². The first-order valence-corrected chi connectivity index (χ1v) is 3.43. The van der Waals surface area contributed by atoms with E-state index in [-0.39, 0.29) is 18.0 Å². The maximum atomic E-state index is 4.81. The molecule has 0 spiro atoms. The fourth-order valence-electron chi connectivity index (χ4n) is 0.658. The molecule has 1 rings (SSSR count). The van der Waals surface area contributed by atoms with E-state index >= 15 is 0 Å². The molecule has 0 aromatic carbocycles. The Morgan fingerprint density at radius 2 is 1.46 bits per heavy atom. The summed E-state index contributed by atoms with van der Waals surface area (Å²) in [5.41, 5.74) is 2.43. The summed E-state index contributed by atoms with van der Waals surface area (Å²) in [7, 11) is 4.35. The van der Waals surface area contributed by atoms with Gasteiger partial charge in [-0.3, -0.25) is 4.84 Å². The second kappa shape index (κ2) is 4.41. The topological polar surface area (TPSA) is 78.4 Å². The smallest absolute Gasteiger partial charge is 0.324 e. The summed E-state index contributed by atoms with van der Waals surface area (Å²) < 4.78 is 9.61. The molecule has 13 heavy (non-hydrogen) atoms. The summed E-state index contributed by atoms with van der Waals surface area (Å²) in [6.45, 7) is 0. The molecule has 1 heterocycles. The molecule has 72 valence electrons. The van der Waals surface area contributed by atoms with Gasteiger partial charge in [-0.05, 0) is 0 Å². The van der Waals surface area contributed by atoms with Crippen LogP contribution in [0.5, 0.6) is 12.0 Å². The standard InChI is InChI=1S/C6H10N4O3/c1-11-5-7-4(10-13-3)8-6(9-5)12-2/h1-3H3,(H,7,8,9,10). The molecular formula is C6H10N4O3. The summed E-state index contributed by atoms with van der Waals surface area (Å²) in [6, 6.07) is 0.317. The Balaban J connectivity index is 2.93. The lowest BCUT2D eigenvalue weighted by molar-refractivity contribution is 0.263. The van der Waals surface area contributed by atoms with Crippen LogP contribution in [0.3, 0.4) is 0 Å². The molecule has 0 unspecified atom stereocenters. The van der Waals surface area contributed by atoms with E-state index in [2.05, 4.69) is 25.3 Å². The summed E-state index contributed by atoms with van der Waals surface area (Å²) in [5, 5.41) is 0. The van der Waals surface area contributed by atoms with Gasteiger partial charge in [-0.25, -0.2) is 5.48 Å². The molecule has 0 saturated carbocycles. The average Bonchev–Trinajstić information content (AvgIpc) is 2.17. The van der Waals surface area contributed by atoms with E-state index < -0.39 is 0 Å². The second-order valence-electron chi connectivity index (χ2n) is 1.94. The molecule has 0 atom stereocenters. The molecule has 0 amide bonds. The number of nitrogens with one attached hydrogen (secondary N) is 1. The number of hydrogen-bond acceptors (Lipinski definition) is 7. The van der Waals surface area contributed by atoms with Crippen molar-refractivity contribution in [2.45, 2.75) is 0 Å². The Hall–Kier alpha value is -1.63. The Kier molecular flexibility index (Phi) is 3.21. The summed E-state index contributed by atoms with van der Waals surface area (Å²) in [6.07, 6.45) is 0. The molecule has 0 aliphatic heterocycles. The SMILES string of the molecule is CONc1nc(OC)nc(OC)n1. The van der Waals surface area contributed by atoms with Gasteiger partial charge in [0.2, 0.25) is 0 Å². The molecule has 0 aliphatic carbocycles. The predicted octanol–water partition coefficient (Wildman–Crippen LogP) is -0.138. The summed E-state index contributed by atoms with van der Waals surface area (Å²) >= 11 is 0. The molecule has 0 bridgehead atoms. The zero-order valence-electron chi connectivity index (χ0n) is 7.57. The third-order valence-corrected chi connectivity index (χ3v) is 1.15. The number of ether oxygens (including phenoxy) is 2. The number of anilines is 1. The van der Waals surface area contributed by atoms with Crippen molar-refractivity contribution < 1.29 is 14.3 Å². The summed E-state index contributed by atoms with van der Waals surface area (Å²) in [5.74, 6) is 0.228. The van der Waals surface area contributed by atoms with Crippen molar-refractivity contribution in [2.75, 3.05) is 26.8 Å². The van der Waals surface area contributed by atoms with Crippen molar-refractivity contribution in [3.8, 4) is 12.0 Å². The lowest BCUT2D eigenvalue weighted by Gasteiger charge is -2.04. The number of aromatic nitrogens is 3. The van der Waals surface area contributed by atoms with Gasteiger partial charge in [0.05, 0.1) is 21.3 Å². The van der Waals surface area contributed by atoms with Crippen LogP contribution in [-0.2, 0) is 4.84 Å². The normalized spacial score (nSPS) is 9.46. The Labute approximate surface area is 75.0 Å². The van der Waals surface area contributed by atoms with E-state index in [1.54, 1.807) is 0 Å². The Bertz CT molecular complexity index is 258. The van der Waals surface area contributed by atoms with Crippen LogP contribution in [0.2, 0.25) is 0 Å². The van der Waals surface area contributed by atoms with E-state index in [9.17, 15) is 0 Å². The molecule has 0 radical (unpaired) electrons. The minimum atomic E-state index is 0.159. The summed E-state index contributed by atoms with van der Waals surface area (Å²) in [4.78, 5) is 16.1. The van der Waals surface area contributed by atoms with Crippen molar-refractivity contribution in [3.05, 3.63) is 0 Å². The Morgan fingerprint density at radius 1 is 0.923 bits per heavy atom. The second-order valence-corrected chi connectivity index (χ2v) is 1.94. The van der Waals surface area contributed by atoms with Crippen molar-refractivity contribution in [1.82, 2.24) is 15.0 Å². The van der Waals surface area contributed by atoms with Gasteiger partial charge in [-0.15, -0.1) is 4.98 Å². The maximum Gasteiger partial charge on any atom is 0.324 e. The minimum absolute atomic E-state index is 0.159. The fourth-order valence-corrected chi connectivity index (χ4v) is 0.658. The molecule has 1 N–H and O–H groups in total. The maximum absolute atomic E-state index is 4.81. The van der Waals surface area contributed by atoms with Gasteiger partial charge in [0, 0.05) is 0 Å². The third kappa shape index (κ3) is 2.41. The van der Waals surface area contributed by atoms with E-state index in [1.165, 1.54) is 21.3 Å². The largest absolute Gasteiger partial charge is 0.467 e. The molecule has 1 aromatic rings. The van der Waals surface area contributed by atoms with Gasteiger partial charge in [-0.1, -0.05) is 0 Å². The van der Waals surface area contributed by atoms with E-state index in [1.807, 2.05) is 0 Å². The van der Waals surface area contributed by atoms with Gasteiger partial charge in [-0.2, -0.15) is 9.97 Å². The lowest BCUT2D eigenvalue weighted by Crippen LogP contribution is -2.05. The first kappa shape index (κ1) is 9.46. The highest BCUT2D eigenvalue weighted by Gasteiger charge is 2.05. The zero-order chi connectivity index (χ0) is 9.68. The van der Waals surface area contributed by atoms with Gasteiger partial charge < -0.3 is 9.47 Å². The molecule has 7 nitrogen and oxygen atoms in total. The first-order valence-electron chi connectivity index (χ1n) is 3.43. The lowest BCUT2D eigenvalue weighted by atomic mass is 10.9. The average molecular weight is 186 g/mol. The molecule has 0 fully saturated rings. The number of hydrogen-bond donors (Lipinski definition) is 1. The zero-order valence-corrected chi connectivity index (χ0v) is 7.57. The highest BCUT2D eigenvalue weighted by atomic mass is 16.6. The van der Waals surface area contributed by atoms with E-state index in [0.717, 1.165) is 0 Å². The molecule has 1 aromatic heterocycles. The van der Waals surface area contributed by atoms with Crippen molar-refractivity contribution in [3.63, 3.8) is 0 Å². The van der Waals surface area contributed by atoms with Crippen LogP contribution in [0, 0.1) is 0 Å². The Morgan fingerprint density at radius 3 is 1.85 bits per heavy atom. The van der Waals surface area contributed by atoms with Gasteiger partial charge in [0.25, 0.3) is 5.95 Å². The van der Waals surface area contributed by atoms with Crippen LogP contribution in [0.25, 0.3) is 0 Å². The van der Waals surface area contributed by atoms with Crippen molar-refractivity contribution in [1.29, 1.82) is 0 Å². The van der Waals surface area contributed by atoms with Crippen LogP contribution in [0.4, 0.5) is 5.95 Å². The van der Waals surface area contributed by atoms with E-state index in [4.69, 9.17) is 9.47 Å². The fraction of sp³-hybridized carbons (Fsp3) is 0.500.